The van der Waals surface area contributed by atoms with E-state index >= 15 is 0 Å². The molecule has 0 bridgehead atoms. The van der Waals surface area contributed by atoms with Crippen molar-refractivity contribution in [3.8, 4) is 0 Å². The van der Waals surface area contributed by atoms with E-state index in [1.165, 1.54) is 6.07 Å². The summed E-state index contributed by atoms with van der Waals surface area (Å²) in [5.41, 5.74) is 9.61. The number of halogens is 1. The van der Waals surface area contributed by atoms with Gasteiger partial charge >= 0.3 is 0 Å². The van der Waals surface area contributed by atoms with Crippen molar-refractivity contribution in [2.45, 2.75) is 13.8 Å². The number of nitrogens with one attached hydrogen (secondary N) is 1. The Balaban J connectivity index is 2.37. The van der Waals surface area contributed by atoms with Crippen LogP contribution in [0.5, 0.6) is 0 Å². The summed E-state index contributed by atoms with van der Waals surface area (Å²) in [6.07, 6.45) is 0. The third kappa shape index (κ3) is 3.09. The first-order valence-corrected chi connectivity index (χ1v) is 6.32. The predicted octanol–water partition coefficient (Wildman–Crippen LogP) is 3.82. The van der Waals surface area contributed by atoms with E-state index in [0.29, 0.717) is 16.2 Å². The molecule has 4 heteroatoms. The molecule has 0 saturated carbocycles. The summed E-state index contributed by atoms with van der Waals surface area (Å²) in [4.78, 5) is 0.318. The molecule has 0 unspecified atom stereocenters. The van der Waals surface area contributed by atoms with E-state index in [-0.39, 0.29) is 5.82 Å². The lowest BCUT2D eigenvalue weighted by atomic mass is 10.1. The Morgan fingerprint density at radius 1 is 1.16 bits per heavy atom. The molecule has 2 nitrogen and oxygen atoms in total. The molecule has 0 amide bonds. The molecule has 98 valence electrons. The maximum atomic E-state index is 13.5. The first-order chi connectivity index (χ1) is 8.97. The molecule has 2 rings (SSSR count). The average molecular weight is 274 g/mol. The standard InChI is InChI=1S/C15H15FN2S/c1-9-3-6-14(12(7-9)15(17)19)18-11-5-4-10(2)13(16)8-11/h3-8,18H,1-2H3,(H2,17,19). The van der Waals surface area contributed by atoms with Gasteiger partial charge in [-0.25, -0.2) is 4.39 Å². The summed E-state index contributed by atoms with van der Waals surface area (Å²) < 4.78 is 13.5. The summed E-state index contributed by atoms with van der Waals surface area (Å²) in [5, 5.41) is 3.14. The minimum Gasteiger partial charge on any atom is -0.389 e. The molecule has 0 fully saturated rings. The molecule has 0 atom stereocenters. The van der Waals surface area contributed by atoms with Crippen molar-refractivity contribution in [3.63, 3.8) is 0 Å². The molecule has 2 aromatic carbocycles. The number of thiocarbonyl (C=S) groups is 1. The number of benzene rings is 2. The number of anilines is 2. The zero-order valence-electron chi connectivity index (χ0n) is 10.8. The van der Waals surface area contributed by atoms with Crippen LogP contribution < -0.4 is 11.1 Å². The number of rotatable bonds is 3. The quantitative estimate of drug-likeness (QED) is 0.836. The smallest absolute Gasteiger partial charge is 0.128 e. The normalized spacial score (nSPS) is 10.3. The molecule has 0 heterocycles. The minimum absolute atomic E-state index is 0.242. The molecule has 0 aromatic heterocycles. The first kappa shape index (κ1) is 13.5. The van der Waals surface area contributed by atoms with Crippen molar-refractivity contribution < 1.29 is 4.39 Å². The zero-order valence-corrected chi connectivity index (χ0v) is 11.6. The van der Waals surface area contributed by atoms with E-state index in [0.717, 1.165) is 16.8 Å². The van der Waals surface area contributed by atoms with Crippen LogP contribution in [-0.4, -0.2) is 4.99 Å². The van der Waals surface area contributed by atoms with Gasteiger partial charge in [0, 0.05) is 16.9 Å². The molecule has 0 radical (unpaired) electrons. The third-order valence-electron chi connectivity index (χ3n) is 2.89. The Labute approximate surface area is 117 Å². The van der Waals surface area contributed by atoms with E-state index in [1.807, 2.05) is 31.2 Å². The summed E-state index contributed by atoms with van der Waals surface area (Å²) in [5.74, 6) is -0.242. The summed E-state index contributed by atoms with van der Waals surface area (Å²) in [7, 11) is 0. The molecular weight excluding hydrogens is 259 g/mol. The molecule has 0 saturated heterocycles. The highest BCUT2D eigenvalue weighted by Gasteiger charge is 2.07. The molecule has 0 aliphatic rings. The number of nitrogens with two attached hydrogens (primary N) is 1. The second kappa shape index (κ2) is 5.36. The van der Waals surface area contributed by atoms with Crippen LogP contribution in [0.1, 0.15) is 16.7 Å². The molecule has 0 aliphatic heterocycles. The first-order valence-electron chi connectivity index (χ1n) is 5.91. The lowest BCUT2D eigenvalue weighted by Crippen LogP contribution is -2.12. The van der Waals surface area contributed by atoms with Gasteiger partial charge in [-0.3, -0.25) is 0 Å². The molecule has 3 N–H and O–H groups in total. The van der Waals surface area contributed by atoms with Crippen LogP contribution in [0.25, 0.3) is 0 Å². The van der Waals surface area contributed by atoms with Gasteiger partial charge in [-0.05, 0) is 43.7 Å². The van der Waals surface area contributed by atoms with Gasteiger partial charge in [0.1, 0.15) is 10.8 Å². The summed E-state index contributed by atoms with van der Waals surface area (Å²) in [6.45, 7) is 3.70. The lowest BCUT2D eigenvalue weighted by molar-refractivity contribution is 0.619. The van der Waals surface area contributed by atoms with Crippen molar-refractivity contribution in [1.29, 1.82) is 0 Å². The molecule has 0 aliphatic carbocycles. The number of hydrogen-bond acceptors (Lipinski definition) is 2. The van der Waals surface area contributed by atoms with E-state index in [1.54, 1.807) is 13.0 Å². The van der Waals surface area contributed by atoms with Crippen LogP contribution in [0.15, 0.2) is 36.4 Å². The van der Waals surface area contributed by atoms with Crippen molar-refractivity contribution >= 4 is 28.6 Å². The van der Waals surface area contributed by atoms with Gasteiger partial charge in [0.2, 0.25) is 0 Å². The fraction of sp³-hybridized carbons (Fsp3) is 0.133. The summed E-state index contributed by atoms with van der Waals surface area (Å²) >= 11 is 5.04. The molecule has 19 heavy (non-hydrogen) atoms. The van der Waals surface area contributed by atoms with Gasteiger partial charge in [0.25, 0.3) is 0 Å². The second-order valence-electron chi connectivity index (χ2n) is 4.50. The van der Waals surface area contributed by atoms with Gasteiger partial charge in [0.15, 0.2) is 0 Å². The van der Waals surface area contributed by atoms with Gasteiger partial charge in [-0.2, -0.15) is 0 Å². The zero-order chi connectivity index (χ0) is 14.0. The average Bonchev–Trinajstić information content (AvgIpc) is 2.36. The van der Waals surface area contributed by atoms with E-state index < -0.39 is 0 Å². The topological polar surface area (TPSA) is 38.0 Å². The Morgan fingerprint density at radius 3 is 2.53 bits per heavy atom. The molecule has 2 aromatic rings. The van der Waals surface area contributed by atoms with Gasteiger partial charge in [0.05, 0.1) is 0 Å². The Morgan fingerprint density at radius 2 is 1.89 bits per heavy atom. The van der Waals surface area contributed by atoms with Crippen LogP contribution in [0, 0.1) is 19.7 Å². The van der Waals surface area contributed by atoms with E-state index in [9.17, 15) is 4.39 Å². The van der Waals surface area contributed by atoms with Crippen LogP contribution in [0.2, 0.25) is 0 Å². The largest absolute Gasteiger partial charge is 0.389 e. The van der Waals surface area contributed by atoms with Gasteiger partial charge in [-0.1, -0.05) is 29.9 Å². The lowest BCUT2D eigenvalue weighted by Gasteiger charge is -2.12. The molecular formula is C15H15FN2S. The highest BCUT2D eigenvalue weighted by atomic mass is 32.1. The Bertz CT molecular complexity index is 638. The van der Waals surface area contributed by atoms with Gasteiger partial charge < -0.3 is 11.1 Å². The monoisotopic (exact) mass is 274 g/mol. The van der Waals surface area contributed by atoms with Crippen LogP contribution in [0.4, 0.5) is 15.8 Å². The minimum atomic E-state index is -0.242. The predicted molar refractivity (Wildman–Crippen MR) is 81.5 cm³/mol. The van der Waals surface area contributed by atoms with Crippen LogP contribution >= 0.6 is 12.2 Å². The van der Waals surface area contributed by atoms with Gasteiger partial charge in [-0.15, -0.1) is 0 Å². The van der Waals surface area contributed by atoms with Crippen molar-refractivity contribution in [2.24, 2.45) is 5.73 Å². The number of hydrogen-bond donors (Lipinski definition) is 2. The van der Waals surface area contributed by atoms with Crippen LogP contribution in [0.3, 0.4) is 0 Å². The molecule has 0 spiro atoms. The second-order valence-corrected chi connectivity index (χ2v) is 4.94. The van der Waals surface area contributed by atoms with Crippen molar-refractivity contribution in [3.05, 3.63) is 58.9 Å². The van der Waals surface area contributed by atoms with E-state index in [4.69, 9.17) is 18.0 Å². The van der Waals surface area contributed by atoms with Crippen LogP contribution in [-0.2, 0) is 0 Å². The fourth-order valence-electron chi connectivity index (χ4n) is 1.80. The summed E-state index contributed by atoms with van der Waals surface area (Å²) in [6, 6.07) is 10.8. The Hall–Kier alpha value is -1.94. The Kier molecular flexibility index (Phi) is 3.81. The van der Waals surface area contributed by atoms with Crippen molar-refractivity contribution in [1.82, 2.24) is 0 Å². The SMILES string of the molecule is Cc1ccc(Nc2ccc(C)c(F)c2)c(C(N)=S)c1. The maximum absolute atomic E-state index is 13.5. The fourth-order valence-corrected chi connectivity index (χ4v) is 1.97. The van der Waals surface area contributed by atoms with Crippen molar-refractivity contribution in [2.75, 3.05) is 5.32 Å². The highest BCUT2D eigenvalue weighted by molar-refractivity contribution is 7.80. The van der Waals surface area contributed by atoms with E-state index in [2.05, 4.69) is 5.32 Å². The third-order valence-corrected chi connectivity index (χ3v) is 3.11. The highest BCUT2D eigenvalue weighted by Crippen LogP contribution is 2.23. The maximum Gasteiger partial charge on any atom is 0.128 e. The number of aryl methyl sites for hydroxylation is 2.